The molecule has 0 heterocycles. The third kappa shape index (κ3) is 4.59. The number of halogens is 1. The lowest BCUT2D eigenvalue weighted by atomic mass is 10.2. The Morgan fingerprint density at radius 1 is 1.40 bits per heavy atom. The zero-order valence-electron chi connectivity index (χ0n) is 10.1. The van der Waals surface area contributed by atoms with Gasteiger partial charge >= 0.3 is 5.97 Å². The lowest BCUT2D eigenvalue weighted by Gasteiger charge is -2.07. The maximum Gasteiger partial charge on any atom is 0.332 e. The van der Waals surface area contributed by atoms with Crippen molar-refractivity contribution in [1.82, 2.24) is 5.32 Å². The van der Waals surface area contributed by atoms with Crippen molar-refractivity contribution >= 4 is 33.5 Å². The maximum atomic E-state index is 11.7. The first-order valence-corrected chi connectivity index (χ1v) is 6.24. The molecule has 108 valence electrons. The number of rotatable bonds is 6. The Labute approximate surface area is 121 Å². The summed E-state index contributed by atoms with van der Waals surface area (Å²) in [6.07, 6.45) is -1.72. The third-order valence-corrected chi connectivity index (χ3v) is 2.80. The first kappa shape index (κ1) is 16.1. The van der Waals surface area contributed by atoms with Crippen molar-refractivity contribution in [3.05, 3.63) is 38.3 Å². The van der Waals surface area contributed by atoms with Gasteiger partial charge < -0.3 is 15.5 Å². The molecule has 20 heavy (non-hydrogen) atoms. The fourth-order valence-corrected chi connectivity index (χ4v) is 1.84. The van der Waals surface area contributed by atoms with Crippen molar-refractivity contribution in [2.75, 3.05) is 6.54 Å². The van der Waals surface area contributed by atoms with Crippen LogP contribution in [0.2, 0.25) is 0 Å². The van der Waals surface area contributed by atoms with E-state index in [1.807, 2.05) is 0 Å². The molecule has 0 fully saturated rings. The molecule has 0 saturated carbocycles. The van der Waals surface area contributed by atoms with E-state index in [2.05, 4.69) is 21.2 Å². The Bertz CT molecular complexity index is 548. The largest absolute Gasteiger partial charge is 0.479 e. The van der Waals surface area contributed by atoms with Gasteiger partial charge in [-0.15, -0.1) is 0 Å². The van der Waals surface area contributed by atoms with Crippen LogP contribution in [0.15, 0.2) is 22.7 Å². The van der Waals surface area contributed by atoms with Gasteiger partial charge in [-0.1, -0.05) is 15.9 Å². The van der Waals surface area contributed by atoms with Crippen LogP contribution in [0.4, 0.5) is 5.69 Å². The molecule has 0 aliphatic rings. The summed E-state index contributed by atoms with van der Waals surface area (Å²) in [5.41, 5.74) is -0.175. The van der Waals surface area contributed by atoms with Crippen LogP contribution in [0.3, 0.4) is 0 Å². The van der Waals surface area contributed by atoms with Gasteiger partial charge in [-0.05, 0) is 6.07 Å². The second-order valence-electron chi connectivity index (χ2n) is 3.85. The molecular formula is C11H11BrN2O6. The highest BCUT2D eigenvalue weighted by molar-refractivity contribution is 9.10. The van der Waals surface area contributed by atoms with E-state index >= 15 is 0 Å². The molecule has 1 atom stereocenters. The molecule has 0 bridgehead atoms. The molecule has 1 rings (SSSR count). The minimum atomic E-state index is -1.56. The second-order valence-corrected chi connectivity index (χ2v) is 4.77. The summed E-state index contributed by atoms with van der Waals surface area (Å²) in [4.78, 5) is 32.1. The minimum absolute atomic E-state index is 0.0629. The van der Waals surface area contributed by atoms with Crippen LogP contribution >= 0.6 is 15.9 Å². The maximum absolute atomic E-state index is 11.7. The summed E-state index contributed by atoms with van der Waals surface area (Å²) in [5.74, 6) is -1.97. The molecule has 0 saturated heterocycles. The zero-order valence-corrected chi connectivity index (χ0v) is 11.7. The predicted octanol–water partition coefficient (Wildman–Crippen LogP) is 0.923. The SMILES string of the molecule is O=C(NCCC(O)C(=O)O)c1cc(Br)cc([N+](=O)[O-])c1. The summed E-state index contributed by atoms with van der Waals surface area (Å²) < 4.78 is 0.377. The van der Waals surface area contributed by atoms with Gasteiger partial charge in [0.15, 0.2) is 6.10 Å². The number of carbonyl (C=O) groups excluding carboxylic acids is 1. The summed E-state index contributed by atoms with van der Waals surface area (Å²) in [5, 5.41) is 30.5. The molecule has 0 aliphatic heterocycles. The summed E-state index contributed by atoms with van der Waals surface area (Å²) in [6.45, 7) is -0.0629. The van der Waals surface area contributed by atoms with Crippen molar-refractivity contribution in [2.45, 2.75) is 12.5 Å². The number of amides is 1. The van der Waals surface area contributed by atoms with E-state index in [4.69, 9.17) is 10.2 Å². The predicted molar refractivity (Wildman–Crippen MR) is 71.4 cm³/mol. The normalized spacial score (nSPS) is 11.7. The lowest BCUT2D eigenvalue weighted by Crippen LogP contribution is -2.30. The van der Waals surface area contributed by atoms with Gasteiger partial charge in [0.2, 0.25) is 0 Å². The number of carboxylic acid groups (broad SMARTS) is 1. The third-order valence-electron chi connectivity index (χ3n) is 2.34. The van der Waals surface area contributed by atoms with E-state index in [1.54, 1.807) is 0 Å². The number of nitro groups is 1. The van der Waals surface area contributed by atoms with Crippen LogP contribution in [0.5, 0.6) is 0 Å². The van der Waals surface area contributed by atoms with Crippen LogP contribution in [0.1, 0.15) is 16.8 Å². The molecule has 0 radical (unpaired) electrons. The number of nitrogens with one attached hydrogen (secondary N) is 1. The van der Waals surface area contributed by atoms with Crippen molar-refractivity contribution in [3.63, 3.8) is 0 Å². The van der Waals surface area contributed by atoms with Gasteiger partial charge in [0.25, 0.3) is 11.6 Å². The molecule has 1 aromatic rings. The van der Waals surface area contributed by atoms with Crippen molar-refractivity contribution < 1.29 is 24.7 Å². The number of aliphatic hydroxyl groups is 1. The number of hydrogen-bond acceptors (Lipinski definition) is 5. The van der Waals surface area contributed by atoms with Crippen molar-refractivity contribution in [3.8, 4) is 0 Å². The number of hydrogen-bond donors (Lipinski definition) is 3. The number of aliphatic hydroxyl groups excluding tert-OH is 1. The highest BCUT2D eigenvalue weighted by Gasteiger charge is 2.16. The number of aliphatic carboxylic acids is 1. The van der Waals surface area contributed by atoms with E-state index in [0.717, 1.165) is 6.07 Å². The van der Waals surface area contributed by atoms with Gasteiger partial charge in [0, 0.05) is 35.1 Å². The van der Waals surface area contributed by atoms with Crippen LogP contribution in [-0.4, -0.2) is 39.7 Å². The Hall–Kier alpha value is -2.00. The summed E-state index contributed by atoms with van der Waals surface area (Å²) >= 11 is 3.06. The minimum Gasteiger partial charge on any atom is -0.479 e. The van der Waals surface area contributed by atoms with Crippen LogP contribution < -0.4 is 5.32 Å². The number of nitrogens with zero attached hydrogens (tertiary/aromatic N) is 1. The number of carbonyl (C=O) groups is 2. The van der Waals surface area contributed by atoms with Gasteiger partial charge in [0.05, 0.1) is 4.92 Å². The van der Waals surface area contributed by atoms with Crippen molar-refractivity contribution in [2.24, 2.45) is 0 Å². The highest BCUT2D eigenvalue weighted by Crippen LogP contribution is 2.21. The number of carboxylic acids is 1. The number of non-ortho nitro benzene ring substituents is 1. The number of benzene rings is 1. The average Bonchev–Trinajstić information content (AvgIpc) is 2.37. The Balaban J connectivity index is 2.68. The molecule has 0 aliphatic carbocycles. The smallest absolute Gasteiger partial charge is 0.332 e. The first-order valence-electron chi connectivity index (χ1n) is 5.45. The standard InChI is InChI=1S/C11H11BrN2O6/c12-7-3-6(4-8(5-7)14(19)20)10(16)13-2-1-9(15)11(17)18/h3-5,9,15H,1-2H2,(H,13,16)(H,17,18). The fraction of sp³-hybridized carbons (Fsp3) is 0.273. The zero-order chi connectivity index (χ0) is 15.3. The van der Waals surface area contributed by atoms with E-state index < -0.39 is 22.9 Å². The Morgan fingerprint density at radius 3 is 2.60 bits per heavy atom. The van der Waals surface area contributed by atoms with E-state index in [-0.39, 0.29) is 24.2 Å². The van der Waals surface area contributed by atoms with Gasteiger partial charge in [0.1, 0.15) is 0 Å². The van der Waals surface area contributed by atoms with E-state index in [0.29, 0.717) is 4.47 Å². The van der Waals surface area contributed by atoms with Crippen LogP contribution in [0, 0.1) is 10.1 Å². The van der Waals surface area contributed by atoms with E-state index in [1.165, 1.54) is 12.1 Å². The van der Waals surface area contributed by atoms with E-state index in [9.17, 15) is 19.7 Å². The molecule has 1 amide bonds. The lowest BCUT2D eigenvalue weighted by molar-refractivity contribution is -0.385. The summed E-state index contributed by atoms with van der Waals surface area (Å²) in [7, 11) is 0. The quantitative estimate of drug-likeness (QED) is 0.518. The topological polar surface area (TPSA) is 130 Å². The average molecular weight is 347 g/mol. The Morgan fingerprint density at radius 2 is 2.05 bits per heavy atom. The van der Waals surface area contributed by atoms with Gasteiger partial charge in [-0.3, -0.25) is 14.9 Å². The molecule has 8 nitrogen and oxygen atoms in total. The highest BCUT2D eigenvalue weighted by atomic mass is 79.9. The molecular weight excluding hydrogens is 336 g/mol. The fourth-order valence-electron chi connectivity index (χ4n) is 1.36. The second kappa shape index (κ2) is 6.96. The van der Waals surface area contributed by atoms with Crippen molar-refractivity contribution in [1.29, 1.82) is 0 Å². The molecule has 0 spiro atoms. The first-order chi connectivity index (χ1) is 9.31. The molecule has 3 N–H and O–H groups in total. The molecule has 1 unspecified atom stereocenters. The molecule has 0 aromatic heterocycles. The van der Waals surface area contributed by atoms with Crippen LogP contribution in [0.25, 0.3) is 0 Å². The Kier molecular flexibility index (Phi) is 5.59. The molecule has 1 aromatic carbocycles. The van der Waals surface area contributed by atoms with Gasteiger partial charge in [-0.25, -0.2) is 4.79 Å². The summed E-state index contributed by atoms with van der Waals surface area (Å²) in [6, 6.07) is 3.76. The molecule has 9 heteroatoms. The monoisotopic (exact) mass is 346 g/mol. The van der Waals surface area contributed by atoms with Gasteiger partial charge in [-0.2, -0.15) is 0 Å². The number of nitro benzene ring substituents is 1. The van der Waals surface area contributed by atoms with Crippen LogP contribution in [-0.2, 0) is 4.79 Å².